The summed E-state index contributed by atoms with van der Waals surface area (Å²) in [6, 6.07) is 9.81. The molecule has 6 heteroatoms. The van der Waals surface area contributed by atoms with Crippen molar-refractivity contribution in [1.82, 2.24) is 9.99 Å². The summed E-state index contributed by atoms with van der Waals surface area (Å²) in [5.74, 6) is 1.05. The van der Waals surface area contributed by atoms with E-state index in [2.05, 4.69) is 35.0 Å². The molecule has 6 nitrogen and oxygen atoms in total. The standard InChI is InChI=1S/C22H29N3O3/c1-16-13-18(17(2)25(16)19-7-5-4-6-8-19)14-23-24-22(26)15-28-21-11-9-20(27-3)10-12-21/h9-14,19H,4-8,15H2,1-3H3,(H,24,26)/b23-14-. The lowest BCUT2D eigenvalue weighted by Gasteiger charge is -2.26. The Labute approximate surface area is 166 Å². The molecule has 150 valence electrons. The first-order chi connectivity index (χ1) is 13.6. The summed E-state index contributed by atoms with van der Waals surface area (Å²) < 4.78 is 13.0. The highest BCUT2D eigenvalue weighted by molar-refractivity contribution is 5.84. The van der Waals surface area contributed by atoms with Gasteiger partial charge in [-0.05, 0) is 57.0 Å². The van der Waals surface area contributed by atoms with E-state index in [-0.39, 0.29) is 12.5 Å². The number of hydrogen-bond donors (Lipinski definition) is 1. The highest BCUT2D eigenvalue weighted by Crippen LogP contribution is 2.31. The number of benzene rings is 1. The van der Waals surface area contributed by atoms with Crippen LogP contribution < -0.4 is 14.9 Å². The number of aromatic nitrogens is 1. The maximum absolute atomic E-state index is 12.0. The molecule has 0 saturated heterocycles. The van der Waals surface area contributed by atoms with Crippen molar-refractivity contribution >= 4 is 12.1 Å². The number of nitrogens with one attached hydrogen (secondary N) is 1. The lowest BCUT2D eigenvalue weighted by atomic mass is 9.95. The van der Waals surface area contributed by atoms with E-state index >= 15 is 0 Å². The molecule has 1 aromatic heterocycles. The fourth-order valence-corrected chi connectivity index (χ4v) is 3.86. The first kappa shape index (κ1) is 20.0. The number of carbonyl (C=O) groups excluding carboxylic acids is 1. The third-order valence-electron chi connectivity index (χ3n) is 5.29. The van der Waals surface area contributed by atoms with Crippen molar-refractivity contribution < 1.29 is 14.3 Å². The second-order valence-electron chi connectivity index (χ2n) is 7.25. The summed E-state index contributed by atoms with van der Waals surface area (Å²) in [4.78, 5) is 12.0. The van der Waals surface area contributed by atoms with Gasteiger partial charge in [0.15, 0.2) is 6.61 Å². The molecule has 1 heterocycles. The van der Waals surface area contributed by atoms with E-state index < -0.39 is 0 Å². The lowest BCUT2D eigenvalue weighted by molar-refractivity contribution is -0.123. The summed E-state index contributed by atoms with van der Waals surface area (Å²) in [5.41, 5.74) is 6.03. The summed E-state index contributed by atoms with van der Waals surface area (Å²) >= 11 is 0. The minimum Gasteiger partial charge on any atom is -0.497 e. The van der Waals surface area contributed by atoms with E-state index in [1.165, 1.54) is 43.5 Å². The van der Waals surface area contributed by atoms with Crippen molar-refractivity contribution in [3.63, 3.8) is 0 Å². The van der Waals surface area contributed by atoms with Gasteiger partial charge in [0.1, 0.15) is 11.5 Å². The van der Waals surface area contributed by atoms with Crippen LogP contribution in [0.3, 0.4) is 0 Å². The number of ether oxygens (including phenoxy) is 2. The van der Waals surface area contributed by atoms with Gasteiger partial charge in [0, 0.05) is 23.0 Å². The average molecular weight is 383 g/mol. The number of hydrogen-bond acceptors (Lipinski definition) is 4. The van der Waals surface area contributed by atoms with Crippen LogP contribution in [0, 0.1) is 13.8 Å². The summed E-state index contributed by atoms with van der Waals surface area (Å²) in [6.45, 7) is 4.17. The highest BCUT2D eigenvalue weighted by Gasteiger charge is 2.19. The molecule has 0 unspecified atom stereocenters. The maximum atomic E-state index is 12.0. The Kier molecular flexibility index (Phi) is 6.74. The zero-order chi connectivity index (χ0) is 19.9. The van der Waals surface area contributed by atoms with Gasteiger partial charge in [0.05, 0.1) is 13.3 Å². The highest BCUT2D eigenvalue weighted by atomic mass is 16.5. The summed E-state index contributed by atoms with van der Waals surface area (Å²) in [5, 5.41) is 4.10. The molecule has 0 aliphatic heterocycles. The van der Waals surface area contributed by atoms with Gasteiger partial charge in [-0.3, -0.25) is 4.79 Å². The van der Waals surface area contributed by atoms with Crippen molar-refractivity contribution in [1.29, 1.82) is 0 Å². The van der Waals surface area contributed by atoms with Gasteiger partial charge in [-0.2, -0.15) is 5.10 Å². The number of nitrogens with zero attached hydrogens (tertiary/aromatic N) is 2. The molecule has 2 aromatic rings. The largest absolute Gasteiger partial charge is 0.497 e. The lowest BCUT2D eigenvalue weighted by Crippen LogP contribution is -2.24. The van der Waals surface area contributed by atoms with Crippen LogP contribution in [-0.2, 0) is 4.79 Å². The number of rotatable bonds is 7. The number of methoxy groups -OCH3 is 1. The van der Waals surface area contributed by atoms with Crippen molar-refractivity contribution in [2.75, 3.05) is 13.7 Å². The van der Waals surface area contributed by atoms with E-state index in [0.29, 0.717) is 11.8 Å². The smallest absolute Gasteiger partial charge is 0.277 e. The number of hydrazone groups is 1. The maximum Gasteiger partial charge on any atom is 0.277 e. The van der Waals surface area contributed by atoms with Gasteiger partial charge in [-0.25, -0.2) is 5.43 Å². The van der Waals surface area contributed by atoms with Crippen molar-refractivity contribution in [2.45, 2.75) is 52.0 Å². The van der Waals surface area contributed by atoms with Crippen LogP contribution >= 0.6 is 0 Å². The Morgan fingerprint density at radius 1 is 1.18 bits per heavy atom. The topological polar surface area (TPSA) is 64.8 Å². The van der Waals surface area contributed by atoms with Gasteiger partial charge in [-0.1, -0.05) is 19.3 Å². The minimum absolute atomic E-state index is 0.0925. The molecule has 1 aliphatic carbocycles. The minimum atomic E-state index is -0.298. The van der Waals surface area contributed by atoms with Gasteiger partial charge in [0.25, 0.3) is 5.91 Å². The molecule has 0 bridgehead atoms. The Bertz CT molecular complexity index is 818. The first-order valence-corrected chi connectivity index (χ1v) is 9.85. The molecule has 0 spiro atoms. The SMILES string of the molecule is COc1ccc(OCC(=O)N/N=C\c2cc(C)n(C3CCCCC3)c2C)cc1. The molecule has 0 radical (unpaired) electrons. The van der Waals surface area contributed by atoms with E-state index in [4.69, 9.17) is 9.47 Å². The van der Waals surface area contributed by atoms with E-state index in [1.54, 1.807) is 37.6 Å². The molecule has 1 amide bonds. The third-order valence-corrected chi connectivity index (χ3v) is 5.29. The van der Waals surface area contributed by atoms with Gasteiger partial charge in [-0.15, -0.1) is 0 Å². The van der Waals surface area contributed by atoms with Crippen LogP contribution in [0.5, 0.6) is 11.5 Å². The van der Waals surface area contributed by atoms with Crippen LogP contribution in [0.4, 0.5) is 0 Å². The van der Waals surface area contributed by atoms with Crippen molar-refractivity contribution in [3.8, 4) is 11.5 Å². The van der Waals surface area contributed by atoms with E-state index in [0.717, 1.165) is 11.3 Å². The average Bonchev–Trinajstić information content (AvgIpc) is 3.00. The van der Waals surface area contributed by atoms with Crippen LogP contribution in [-0.4, -0.2) is 30.4 Å². The summed E-state index contributed by atoms with van der Waals surface area (Å²) in [6.07, 6.45) is 8.14. The zero-order valence-corrected chi connectivity index (χ0v) is 16.9. The zero-order valence-electron chi connectivity index (χ0n) is 16.9. The fraction of sp³-hybridized carbons (Fsp3) is 0.455. The Morgan fingerprint density at radius 2 is 1.86 bits per heavy atom. The second-order valence-corrected chi connectivity index (χ2v) is 7.25. The molecule has 1 aliphatic rings. The van der Waals surface area contributed by atoms with E-state index in [1.807, 2.05) is 0 Å². The van der Waals surface area contributed by atoms with Crippen molar-refractivity contribution in [3.05, 3.63) is 47.3 Å². The molecule has 1 aromatic carbocycles. The van der Waals surface area contributed by atoms with Gasteiger partial charge >= 0.3 is 0 Å². The summed E-state index contributed by atoms with van der Waals surface area (Å²) in [7, 11) is 1.61. The molecule has 1 N–H and O–H groups in total. The second kappa shape index (κ2) is 9.44. The molecule has 3 rings (SSSR count). The molecular formula is C22H29N3O3. The Balaban J connectivity index is 1.53. The monoisotopic (exact) mass is 383 g/mol. The number of carbonyl (C=O) groups is 1. The quantitative estimate of drug-likeness (QED) is 0.577. The van der Waals surface area contributed by atoms with Crippen LogP contribution in [0.1, 0.15) is 55.1 Å². The molecule has 0 atom stereocenters. The normalized spacial score (nSPS) is 15.0. The van der Waals surface area contributed by atoms with Crippen LogP contribution in [0.15, 0.2) is 35.4 Å². The molecule has 1 saturated carbocycles. The van der Waals surface area contributed by atoms with Gasteiger partial charge in [0.2, 0.25) is 0 Å². The first-order valence-electron chi connectivity index (χ1n) is 9.85. The molecule has 28 heavy (non-hydrogen) atoms. The molecular weight excluding hydrogens is 354 g/mol. The van der Waals surface area contributed by atoms with Gasteiger partial charge < -0.3 is 14.0 Å². The van der Waals surface area contributed by atoms with Crippen LogP contribution in [0.2, 0.25) is 0 Å². The number of amides is 1. The predicted octanol–water partition coefficient (Wildman–Crippen LogP) is 4.15. The Morgan fingerprint density at radius 3 is 2.54 bits per heavy atom. The van der Waals surface area contributed by atoms with Crippen molar-refractivity contribution in [2.24, 2.45) is 5.10 Å². The third kappa shape index (κ3) is 4.94. The predicted molar refractivity (Wildman–Crippen MR) is 110 cm³/mol. The van der Waals surface area contributed by atoms with E-state index in [9.17, 15) is 4.79 Å². The van der Waals surface area contributed by atoms with Crippen LogP contribution in [0.25, 0.3) is 0 Å². The molecule has 1 fully saturated rings. The fourth-order valence-electron chi connectivity index (χ4n) is 3.86. The number of aryl methyl sites for hydroxylation is 1. The Hall–Kier alpha value is -2.76.